The minimum Gasteiger partial charge on any atom is -0.263 e. The molecule has 0 saturated carbocycles. The first-order chi connectivity index (χ1) is 11.5. The third kappa shape index (κ3) is 3.81. The van der Waals surface area contributed by atoms with Crippen LogP contribution in [0, 0.1) is 5.92 Å². The summed E-state index contributed by atoms with van der Waals surface area (Å²) in [7, 11) is -3.09. The minimum absolute atomic E-state index is 0.311. The molecule has 0 aromatic carbocycles. The van der Waals surface area contributed by atoms with Crippen molar-refractivity contribution in [2.24, 2.45) is 5.92 Å². The first-order valence-corrected chi connectivity index (χ1v) is 10.1. The number of aromatic nitrogens is 4. The summed E-state index contributed by atoms with van der Waals surface area (Å²) in [6.45, 7) is 4.15. The molecule has 0 bridgehead atoms. The molecule has 1 aliphatic rings. The predicted octanol–water partition coefficient (Wildman–Crippen LogP) is 1.57. The number of aryl methyl sites for hydroxylation is 1. The maximum Gasteiger partial charge on any atom is 0.211 e. The van der Waals surface area contributed by atoms with Gasteiger partial charge in [0.25, 0.3) is 0 Å². The Kier molecular flexibility index (Phi) is 4.96. The summed E-state index contributed by atoms with van der Waals surface area (Å²) in [6, 6.07) is 1.94. The van der Waals surface area contributed by atoms with Crippen LogP contribution in [0.2, 0.25) is 0 Å². The van der Waals surface area contributed by atoms with Gasteiger partial charge in [-0.2, -0.15) is 5.10 Å². The van der Waals surface area contributed by atoms with Gasteiger partial charge >= 0.3 is 0 Å². The summed E-state index contributed by atoms with van der Waals surface area (Å²) < 4.78 is 26.6. The van der Waals surface area contributed by atoms with Crippen molar-refractivity contribution in [3.05, 3.63) is 30.4 Å². The van der Waals surface area contributed by atoms with Crippen LogP contribution >= 0.6 is 0 Å². The van der Waals surface area contributed by atoms with Crippen LogP contribution in [-0.4, -0.2) is 51.8 Å². The van der Waals surface area contributed by atoms with Crippen LogP contribution in [0.15, 0.2) is 24.7 Å². The molecule has 130 valence electrons. The number of nitrogens with zero attached hydrogens (tertiary/aromatic N) is 5. The molecule has 0 amide bonds. The minimum atomic E-state index is -3.09. The molecule has 0 spiro atoms. The molecule has 1 aliphatic heterocycles. The van der Waals surface area contributed by atoms with Crippen LogP contribution < -0.4 is 0 Å². The van der Waals surface area contributed by atoms with Gasteiger partial charge in [0.2, 0.25) is 10.0 Å². The average molecular weight is 349 g/mol. The zero-order valence-electron chi connectivity index (χ0n) is 14.1. The van der Waals surface area contributed by atoms with E-state index in [4.69, 9.17) is 0 Å². The van der Waals surface area contributed by atoms with Crippen LogP contribution in [0.4, 0.5) is 0 Å². The molecule has 8 heteroatoms. The molecule has 7 nitrogen and oxygen atoms in total. The molecule has 2 aromatic heterocycles. The monoisotopic (exact) mass is 349 g/mol. The Morgan fingerprint density at radius 3 is 2.75 bits per heavy atom. The number of sulfonamides is 1. The highest BCUT2D eigenvalue weighted by Gasteiger charge is 2.28. The fourth-order valence-electron chi connectivity index (χ4n) is 3.09. The lowest BCUT2D eigenvalue weighted by atomic mass is 10.0. The van der Waals surface area contributed by atoms with Gasteiger partial charge in [-0.3, -0.25) is 14.6 Å². The van der Waals surface area contributed by atoms with Crippen LogP contribution in [0.25, 0.3) is 11.4 Å². The van der Waals surface area contributed by atoms with Crippen molar-refractivity contribution in [3.63, 3.8) is 0 Å². The quantitative estimate of drug-likeness (QED) is 0.791. The van der Waals surface area contributed by atoms with Gasteiger partial charge in [-0.25, -0.2) is 12.7 Å². The number of hydrogen-bond donors (Lipinski definition) is 0. The third-order valence-electron chi connectivity index (χ3n) is 4.34. The second-order valence-electron chi connectivity index (χ2n) is 6.31. The second-order valence-corrected chi connectivity index (χ2v) is 8.29. The van der Waals surface area contributed by atoms with E-state index in [1.165, 1.54) is 6.26 Å². The predicted molar refractivity (Wildman–Crippen MR) is 91.8 cm³/mol. The molecule has 0 radical (unpaired) electrons. The fraction of sp³-hybridized carbons (Fsp3) is 0.562. The highest BCUT2D eigenvalue weighted by Crippen LogP contribution is 2.22. The summed E-state index contributed by atoms with van der Waals surface area (Å²) in [5.74, 6) is 0.311. The van der Waals surface area contributed by atoms with E-state index < -0.39 is 10.0 Å². The van der Waals surface area contributed by atoms with Crippen LogP contribution in [-0.2, 0) is 23.0 Å². The topological polar surface area (TPSA) is 81.0 Å². The summed E-state index contributed by atoms with van der Waals surface area (Å²) in [4.78, 5) is 9.03. The highest BCUT2D eigenvalue weighted by atomic mass is 32.2. The lowest BCUT2D eigenvalue weighted by molar-refractivity contribution is 0.459. The van der Waals surface area contributed by atoms with E-state index in [0.717, 1.165) is 42.9 Å². The van der Waals surface area contributed by atoms with E-state index in [1.54, 1.807) is 22.9 Å². The van der Waals surface area contributed by atoms with E-state index in [2.05, 4.69) is 22.0 Å². The van der Waals surface area contributed by atoms with Crippen molar-refractivity contribution >= 4 is 10.0 Å². The SMILES string of the molecule is CCCn1nccc1-c1cnc(CC2CCN(S(C)(=O)=O)C2)cn1. The van der Waals surface area contributed by atoms with Gasteiger partial charge in [-0.1, -0.05) is 6.92 Å². The largest absolute Gasteiger partial charge is 0.263 e. The maximum absolute atomic E-state index is 11.6. The first-order valence-electron chi connectivity index (χ1n) is 8.25. The molecule has 1 saturated heterocycles. The van der Waals surface area contributed by atoms with Gasteiger partial charge in [0.05, 0.1) is 23.8 Å². The normalized spacial score (nSPS) is 19.0. The van der Waals surface area contributed by atoms with Crippen molar-refractivity contribution in [2.45, 2.75) is 32.7 Å². The molecule has 24 heavy (non-hydrogen) atoms. The molecule has 1 fully saturated rings. The van der Waals surface area contributed by atoms with E-state index in [0.29, 0.717) is 19.0 Å². The Hall–Kier alpha value is -1.80. The van der Waals surface area contributed by atoms with Gasteiger partial charge in [0.1, 0.15) is 5.69 Å². The molecule has 1 unspecified atom stereocenters. The Bertz CT molecular complexity index is 785. The molecule has 1 atom stereocenters. The third-order valence-corrected chi connectivity index (χ3v) is 5.60. The van der Waals surface area contributed by atoms with E-state index in [-0.39, 0.29) is 0 Å². The Balaban J connectivity index is 1.66. The standard InChI is InChI=1S/C16H23N5O2S/c1-3-7-21-16(4-6-19-21)15-11-17-14(10-18-15)9-13-5-8-20(12-13)24(2,22)23/h4,6,10-11,13H,3,5,7-9,12H2,1-2H3. The van der Waals surface area contributed by atoms with Gasteiger partial charge in [-0.15, -0.1) is 0 Å². The molecule has 3 rings (SSSR count). The van der Waals surface area contributed by atoms with Gasteiger partial charge < -0.3 is 0 Å². The van der Waals surface area contributed by atoms with Crippen LogP contribution in [0.5, 0.6) is 0 Å². The maximum atomic E-state index is 11.6. The number of hydrogen-bond acceptors (Lipinski definition) is 5. The summed E-state index contributed by atoms with van der Waals surface area (Å²) in [6.07, 6.45) is 9.26. The Labute approximate surface area is 142 Å². The Morgan fingerprint density at radius 2 is 2.12 bits per heavy atom. The zero-order chi connectivity index (χ0) is 17.2. The van der Waals surface area contributed by atoms with E-state index in [9.17, 15) is 8.42 Å². The lowest BCUT2D eigenvalue weighted by Gasteiger charge is -2.13. The Morgan fingerprint density at radius 1 is 1.29 bits per heavy atom. The smallest absolute Gasteiger partial charge is 0.211 e. The van der Waals surface area contributed by atoms with Gasteiger partial charge in [0.15, 0.2) is 0 Å². The first kappa shape index (κ1) is 17.0. The van der Waals surface area contributed by atoms with Crippen molar-refractivity contribution in [1.82, 2.24) is 24.1 Å². The van der Waals surface area contributed by atoms with Crippen molar-refractivity contribution in [2.75, 3.05) is 19.3 Å². The number of rotatable bonds is 6. The zero-order valence-corrected chi connectivity index (χ0v) is 14.9. The second kappa shape index (κ2) is 6.98. The van der Waals surface area contributed by atoms with E-state index >= 15 is 0 Å². The fourth-order valence-corrected chi connectivity index (χ4v) is 4.01. The van der Waals surface area contributed by atoms with Crippen LogP contribution in [0.3, 0.4) is 0 Å². The average Bonchev–Trinajstić information content (AvgIpc) is 3.18. The highest BCUT2D eigenvalue weighted by molar-refractivity contribution is 7.88. The molecule has 2 aromatic rings. The van der Waals surface area contributed by atoms with Crippen molar-refractivity contribution in [1.29, 1.82) is 0 Å². The van der Waals surface area contributed by atoms with Gasteiger partial charge in [-0.05, 0) is 31.2 Å². The van der Waals surface area contributed by atoms with Crippen molar-refractivity contribution < 1.29 is 8.42 Å². The van der Waals surface area contributed by atoms with E-state index in [1.807, 2.05) is 10.7 Å². The van der Waals surface area contributed by atoms with Crippen molar-refractivity contribution in [3.8, 4) is 11.4 Å². The molecule has 3 heterocycles. The lowest BCUT2D eigenvalue weighted by Crippen LogP contribution is -2.27. The summed E-state index contributed by atoms with van der Waals surface area (Å²) in [5, 5.41) is 4.31. The van der Waals surface area contributed by atoms with Crippen LogP contribution in [0.1, 0.15) is 25.5 Å². The molecular weight excluding hydrogens is 326 g/mol. The summed E-state index contributed by atoms with van der Waals surface area (Å²) >= 11 is 0. The molecule has 0 aliphatic carbocycles. The summed E-state index contributed by atoms with van der Waals surface area (Å²) in [5.41, 5.74) is 2.69. The molecular formula is C16H23N5O2S. The molecule has 0 N–H and O–H groups in total. The van der Waals surface area contributed by atoms with Gasteiger partial charge in [0, 0.05) is 32.0 Å².